The van der Waals surface area contributed by atoms with E-state index >= 15 is 0 Å². The van der Waals surface area contributed by atoms with E-state index in [1.54, 1.807) is 6.08 Å². The topological polar surface area (TPSA) is 63.6 Å². The predicted octanol–water partition coefficient (Wildman–Crippen LogP) is 1.36. The second-order valence-corrected chi connectivity index (χ2v) is 4.37. The van der Waals surface area contributed by atoms with Crippen molar-refractivity contribution in [1.29, 1.82) is 0 Å². The quantitative estimate of drug-likeness (QED) is 0.680. The maximum absolute atomic E-state index is 11.3. The van der Waals surface area contributed by atoms with Gasteiger partial charge in [-0.1, -0.05) is 20.8 Å². The van der Waals surface area contributed by atoms with Crippen molar-refractivity contribution in [1.82, 2.24) is 0 Å². The van der Waals surface area contributed by atoms with Gasteiger partial charge in [-0.05, 0) is 11.5 Å². The van der Waals surface area contributed by atoms with Gasteiger partial charge >= 0.3 is 11.9 Å². The molecule has 0 aromatic carbocycles. The third kappa shape index (κ3) is 2.34. The van der Waals surface area contributed by atoms with Crippen molar-refractivity contribution in [2.45, 2.75) is 33.3 Å². The van der Waals surface area contributed by atoms with E-state index in [1.807, 2.05) is 20.8 Å². The van der Waals surface area contributed by atoms with E-state index < -0.39 is 18.0 Å². The Morgan fingerprint density at radius 1 is 1.57 bits per heavy atom. The Labute approximate surface area is 82.6 Å². The number of carboxylic acids is 1. The van der Waals surface area contributed by atoms with Crippen LogP contribution in [0, 0.1) is 5.41 Å². The molecule has 1 unspecified atom stereocenters. The molecule has 0 fully saturated rings. The van der Waals surface area contributed by atoms with Crippen molar-refractivity contribution in [2.24, 2.45) is 5.41 Å². The highest BCUT2D eigenvalue weighted by Crippen LogP contribution is 2.31. The molecule has 0 radical (unpaired) electrons. The standard InChI is InChI=1S/C10H14O4/c1-10(2,3)7-4-6(5-8(11)12)14-9(7)13/h4,6H,5H2,1-3H3,(H,11,12). The third-order valence-corrected chi connectivity index (χ3v) is 2.01. The molecule has 1 rings (SSSR count). The van der Waals surface area contributed by atoms with Crippen molar-refractivity contribution in [3.63, 3.8) is 0 Å². The molecule has 4 nitrogen and oxygen atoms in total. The van der Waals surface area contributed by atoms with Crippen LogP contribution in [0.4, 0.5) is 0 Å². The summed E-state index contributed by atoms with van der Waals surface area (Å²) in [5.41, 5.74) is 0.272. The van der Waals surface area contributed by atoms with Crippen LogP contribution in [0.5, 0.6) is 0 Å². The van der Waals surface area contributed by atoms with E-state index in [9.17, 15) is 9.59 Å². The number of rotatable bonds is 2. The minimum Gasteiger partial charge on any atom is -0.481 e. The van der Waals surface area contributed by atoms with Gasteiger partial charge in [0.2, 0.25) is 0 Å². The Kier molecular flexibility index (Phi) is 2.64. The van der Waals surface area contributed by atoms with E-state index in [4.69, 9.17) is 9.84 Å². The zero-order valence-electron chi connectivity index (χ0n) is 8.53. The van der Waals surface area contributed by atoms with Crippen molar-refractivity contribution in [2.75, 3.05) is 0 Å². The first-order valence-electron chi connectivity index (χ1n) is 4.46. The first-order valence-corrected chi connectivity index (χ1v) is 4.46. The zero-order chi connectivity index (χ0) is 10.9. The van der Waals surface area contributed by atoms with Crippen molar-refractivity contribution in [3.8, 4) is 0 Å². The van der Waals surface area contributed by atoms with Crippen LogP contribution in [-0.2, 0) is 14.3 Å². The molecule has 0 aromatic heterocycles. The highest BCUT2D eigenvalue weighted by atomic mass is 16.5. The summed E-state index contributed by atoms with van der Waals surface area (Å²) in [4.78, 5) is 21.7. The fourth-order valence-electron chi connectivity index (χ4n) is 1.32. The van der Waals surface area contributed by atoms with Crippen LogP contribution in [-0.4, -0.2) is 23.1 Å². The summed E-state index contributed by atoms with van der Waals surface area (Å²) in [5.74, 6) is -1.36. The van der Waals surface area contributed by atoms with E-state index in [-0.39, 0.29) is 11.8 Å². The van der Waals surface area contributed by atoms with Gasteiger partial charge in [-0.2, -0.15) is 0 Å². The summed E-state index contributed by atoms with van der Waals surface area (Å²) in [6.07, 6.45) is 0.844. The summed E-state index contributed by atoms with van der Waals surface area (Å²) >= 11 is 0. The van der Waals surface area contributed by atoms with Crippen molar-refractivity contribution in [3.05, 3.63) is 11.6 Å². The van der Waals surface area contributed by atoms with Crippen LogP contribution < -0.4 is 0 Å². The average Bonchev–Trinajstić information content (AvgIpc) is 2.27. The summed E-state index contributed by atoms with van der Waals surface area (Å²) in [5, 5.41) is 8.53. The van der Waals surface area contributed by atoms with E-state index in [0.29, 0.717) is 5.57 Å². The lowest BCUT2D eigenvalue weighted by atomic mass is 9.86. The lowest BCUT2D eigenvalue weighted by Crippen LogP contribution is -2.16. The van der Waals surface area contributed by atoms with Gasteiger partial charge in [-0.3, -0.25) is 4.79 Å². The van der Waals surface area contributed by atoms with Crippen LogP contribution in [0.15, 0.2) is 11.6 Å². The number of hydrogen-bond donors (Lipinski definition) is 1. The Balaban J connectivity index is 2.78. The van der Waals surface area contributed by atoms with Gasteiger partial charge in [0.1, 0.15) is 6.10 Å². The fourth-order valence-corrected chi connectivity index (χ4v) is 1.32. The van der Waals surface area contributed by atoms with E-state index in [1.165, 1.54) is 0 Å². The Bertz CT molecular complexity index is 296. The molecular formula is C10H14O4. The summed E-state index contributed by atoms with van der Waals surface area (Å²) in [7, 11) is 0. The van der Waals surface area contributed by atoms with Gasteiger partial charge in [0.15, 0.2) is 0 Å². The fraction of sp³-hybridized carbons (Fsp3) is 0.600. The lowest BCUT2D eigenvalue weighted by molar-refractivity contribution is -0.145. The molecule has 1 aliphatic heterocycles. The normalized spacial score (nSPS) is 21.8. The maximum atomic E-state index is 11.3. The number of aliphatic carboxylic acids is 1. The molecule has 1 atom stereocenters. The van der Waals surface area contributed by atoms with Crippen LogP contribution >= 0.6 is 0 Å². The first-order chi connectivity index (χ1) is 6.30. The van der Waals surface area contributed by atoms with Crippen molar-refractivity contribution >= 4 is 11.9 Å². The Hall–Kier alpha value is -1.32. The number of cyclic esters (lactones) is 1. The summed E-state index contributed by atoms with van der Waals surface area (Å²) < 4.78 is 4.90. The molecule has 78 valence electrons. The minimum absolute atomic E-state index is 0.161. The van der Waals surface area contributed by atoms with Gasteiger partial charge in [0, 0.05) is 5.57 Å². The van der Waals surface area contributed by atoms with Crippen LogP contribution in [0.3, 0.4) is 0 Å². The molecule has 0 saturated heterocycles. The highest BCUT2D eigenvalue weighted by Gasteiger charge is 2.33. The summed E-state index contributed by atoms with van der Waals surface area (Å²) in [6, 6.07) is 0. The minimum atomic E-state index is -0.964. The molecule has 1 aliphatic rings. The number of esters is 1. The maximum Gasteiger partial charge on any atom is 0.334 e. The molecule has 0 saturated carbocycles. The Morgan fingerprint density at radius 3 is 2.50 bits per heavy atom. The average molecular weight is 198 g/mol. The van der Waals surface area contributed by atoms with Crippen molar-refractivity contribution < 1.29 is 19.4 Å². The predicted molar refractivity (Wildman–Crippen MR) is 49.7 cm³/mol. The number of carbonyl (C=O) groups is 2. The second-order valence-electron chi connectivity index (χ2n) is 4.37. The van der Waals surface area contributed by atoms with E-state index in [0.717, 1.165) is 0 Å². The van der Waals surface area contributed by atoms with Gasteiger partial charge in [-0.15, -0.1) is 0 Å². The van der Waals surface area contributed by atoms with Gasteiger partial charge < -0.3 is 9.84 Å². The molecule has 0 aliphatic carbocycles. The lowest BCUT2D eigenvalue weighted by Gasteiger charge is -2.16. The molecule has 0 aromatic rings. The second kappa shape index (κ2) is 3.44. The Morgan fingerprint density at radius 2 is 2.14 bits per heavy atom. The zero-order valence-corrected chi connectivity index (χ0v) is 8.53. The third-order valence-electron chi connectivity index (χ3n) is 2.01. The van der Waals surface area contributed by atoms with Crippen LogP contribution in [0.1, 0.15) is 27.2 Å². The van der Waals surface area contributed by atoms with E-state index in [2.05, 4.69) is 0 Å². The van der Waals surface area contributed by atoms with Crippen LogP contribution in [0.2, 0.25) is 0 Å². The number of carbonyl (C=O) groups excluding carboxylic acids is 1. The van der Waals surface area contributed by atoms with Gasteiger partial charge in [0.25, 0.3) is 0 Å². The molecule has 0 amide bonds. The number of hydrogen-bond acceptors (Lipinski definition) is 3. The summed E-state index contributed by atoms with van der Waals surface area (Å²) in [6.45, 7) is 5.68. The largest absolute Gasteiger partial charge is 0.481 e. The molecule has 4 heteroatoms. The smallest absolute Gasteiger partial charge is 0.334 e. The molecule has 0 spiro atoms. The molecule has 1 heterocycles. The van der Waals surface area contributed by atoms with Gasteiger partial charge in [-0.25, -0.2) is 4.79 Å². The first kappa shape index (κ1) is 10.8. The monoisotopic (exact) mass is 198 g/mol. The number of ether oxygens (including phenoxy) is 1. The molecule has 0 bridgehead atoms. The van der Waals surface area contributed by atoms with Crippen LogP contribution in [0.25, 0.3) is 0 Å². The van der Waals surface area contributed by atoms with Gasteiger partial charge in [0.05, 0.1) is 6.42 Å². The highest BCUT2D eigenvalue weighted by molar-refractivity contribution is 5.92. The molecule has 14 heavy (non-hydrogen) atoms. The number of carboxylic acid groups (broad SMARTS) is 1. The molecule has 1 N–H and O–H groups in total. The molecular weight excluding hydrogens is 184 g/mol. The SMILES string of the molecule is CC(C)(C)C1=CC(CC(=O)O)OC1=O.